The van der Waals surface area contributed by atoms with Crippen molar-refractivity contribution in [3.8, 4) is 11.5 Å². The number of nitrogens with zero attached hydrogens (tertiary/aromatic N) is 1. The molecule has 126 valence electrons. The first-order chi connectivity index (χ1) is 11.2. The number of nitrogens with one attached hydrogen (secondary N) is 1. The molecule has 3 rings (SSSR count). The second kappa shape index (κ2) is 7.19. The quantitative estimate of drug-likeness (QED) is 0.899. The van der Waals surface area contributed by atoms with E-state index in [2.05, 4.69) is 5.32 Å². The van der Waals surface area contributed by atoms with Gasteiger partial charge >= 0.3 is 0 Å². The molecule has 0 bridgehead atoms. The minimum absolute atomic E-state index is 0.0576. The van der Waals surface area contributed by atoms with Crippen molar-refractivity contribution in [1.29, 1.82) is 0 Å². The summed E-state index contributed by atoms with van der Waals surface area (Å²) in [7, 11) is 0. The van der Waals surface area contributed by atoms with Crippen molar-refractivity contribution in [1.82, 2.24) is 10.2 Å². The SMILES string of the molecule is CCN(CC1COc2ccccc2O1)C(=O)[C@H]1NCCO[C@@H]1C. The molecule has 23 heavy (non-hydrogen) atoms. The number of hydrogen-bond acceptors (Lipinski definition) is 5. The molecule has 1 aromatic rings. The zero-order valence-electron chi connectivity index (χ0n) is 13.7. The Kier molecular flexibility index (Phi) is 5.03. The molecule has 1 saturated heterocycles. The molecule has 1 unspecified atom stereocenters. The summed E-state index contributed by atoms with van der Waals surface area (Å²) in [6.45, 7) is 6.84. The van der Waals surface area contributed by atoms with E-state index in [0.29, 0.717) is 32.8 Å². The monoisotopic (exact) mass is 320 g/mol. The molecule has 0 aliphatic carbocycles. The van der Waals surface area contributed by atoms with Crippen LogP contribution in [-0.2, 0) is 9.53 Å². The lowest BCUT2D eigenvalue weighted by Crippen LogP contribution is -2.58. The first-order valence-electron chi connectivity index (χ1n) is 8.21. The molecule has 3 atom stereocenters. The molecule has 2 aliphatic heterocycles. The Balaban J connectivity index is 1.62. The highest BCUT2D eigenvalue weighted by Gasteiger charge is 2.33. The van der Waals surface area contributed by atoms with Crippen molar-refractivity contribution in [2.24, 2.45) is 0 Å². The molecule has 0 aromatic heterocycles. The fraction of sp³-hybridized carbons (Fsp3) is 0.588. The fourth-order valence-electron chi connectivity index (χ4n) is 2.98. The van der Waals surface area contributed by atoms with Crippen molar-refractivity contribution < 1.29 is 19.0 Å². The van der Waals surface area contributed by atoms with E-state index in [9.17, 15) is 4.79 Å². The van der Waals surface area contributed by atoms with Crippen LogP contribution in [0.25, 0.3) is 0 Å². The predicted molar refractivity (Wildman–Crippen MR) is 85.8 cm³/mol. The highest BCUT2D eigenvalue weighted by molar-refractivity contribution is 5.82. The van der Waals surface area contributed by atoms with Crippen LogP contribution in [0.2, 0.25) is 0 Å². The molecule has 1 N–H and O–H groups in total. The molecule has 6 nitrogen and oxygen atoms in total. The number of para-hydroxylation sites is 2. The van der Waals surface area contributed by atoms with Crippen molar-refractivity contribution in [3.05, 3.63) is 24.3 Å². The lowest BCUT2D eigenvalue weighted by Gasteiger charge is -2.35. The first-order valence-corrected chi connectivity index (χ1v) is 8.21. The summed E-state index contributed by atoms with van der Waals surface area (Å²) >= 11 is 0. The van der Waals surface area contributed by atoms with E-state index in [1.807, 2.05) is 43.0 Å². The number of benzene rings is 1. The van der Waals surface area contributed by atoms with Gasteiger partial charge in [-0.25, -0.2) is 0 Å². The summed E-state index contributed by atoms with van der Waals surface area (Å²) in [5.41, 5.74) is 0. The van der Waals surface area contributed by atoms with Crippen molar-refractivity contribution in [2.45, 2.75) is 32.1 Å². The number of hydrogen-bond donors (Lipinski definition) is 1. The standard InChI is InChI=1S/C17H24N2O4/c1-3-19(17(20)16-12(2)21-9-8-18-16)10-13-11-22-14-6-4-5-7-15(14)23-13/h4-7,12-13,16,18H,3,8-11H2,1-2H3/t12-,13?,16+/m1/s1. The number of carbonyl (C=O) groups excluding carboxylic acids is 1. The Labute approximate surface area is 136 Å². The Bertz CT molecular complexity index is 551. The maximum absolute atomic E-state index is 12.7. The Morgan fingerprint density at radius 1 is 1.35 bits per heavy atom. The molecule has 1 fully saturated rings. The number of fused-ring (bicyclic) bond motifs is 1. The smallest absolute Gasteiger partial charge is 0.242 e. The van der Waals surface area contributed by atoms with E-state index in [1.54, 1.807) is 0 Å². The van der Waals surface area contributed by atoms with Gasteiger partial charge in [0.2, 0.25) is 5.91 Å². The minimum Gasteiger partial charge on any atom is -0.486 e. The Morgan fingerprint density at radius 3 is 2.87 bits per heavy atom. The van der Waals surface area contributed by atoms with Crippen molar-refractivity contribution in [2.75, 3.05) is 32.8 Å². The van der Waals surface area contributed by atoms with E-state index >= 15 is 0 Å². The number of rotatable bonds is 4. The van der Waals surface area contributed by atoms with Crippen LogP contribution in [0.4, 0.5) is 0 Å². The van der Waals surface area contributed by atoms with Crippen molar-refractivity contribution in [3.63, 3.8) is 0 Å². The van der Waals surface area contributed by atoms with Crippen LogP contribution in [0.1, 0.15) is 13.8 Å². The van der Waals surface area contributed by atoms with Crippen LogP contribution in [-0.4, -0.2) is 61.9 Å². The number of carbonyl (C=O) groups is 1. The second-order valence-electron chi connectivity index (χ2n) is 5.88. The van der Waals surface area contributed by atoms with Crippen LogP contribution in [0, 0.1) is 0 Å². The van der Waals surface area contributed by atoms with Crippen LogP contribution < -0.4 is 14.8 Å². The number of amides is 1. The van der Waals surface area contributed by atoms with E-state index < -0.39 is 0 Å². The molecular formula is C17H24N2O4. The molecule has 1 aromatic carbocycles. The fourth-order valence-corrected chi connectivity index (χ4v) is 2.98. The third-order valence-corrected chi connectivity index (χ3v) is 4.27. The molecule has 2 aliphatic rings. The Morgan fingerprint density at radius 2 is 2.13 bits per heavy atom. The second-order valence-corrected chi connectivity index (χ2v) is 5.88. The third kappa shape index (κ3) is 3.59. The lowest BCUT2D eigenvalue weighted by atomic mass is 10.1. The van der Waals surface area contributed by atoms with Gasteiger partial charge in [-0.1, -0.05) is 12.1 Å². The summed E-state index contributed by atoms with van der Waals surface area (Å²) in [4.78, 5) is 14.6. The normalized spacial score (nSPS) is 26.6. The van der Waals surface area contributed by atoms with Crippen molar-refractivity contribution >= 4 is 5.91 Å². The van der Waals surface area contributed by atoms with Crippen LogP contribution in [0.15, 0.2) is 24.3 Å². The molecule has 0 saturated carbocycles. The topological polar surface area (TPSA) is 60.0 Å². The minimum atomic E-state index is -0.291. The van der Waals surface area contributed by atoms with Crippen LogP contribution >= 0.6 is 0 Å². The van der Waals surface area contributed by atoms with E-state index in [1.165, 1.54) is 0 Å². The molecular weight excluding hydrogens is 296 g/mol. The van der Waals surface area contributed by atoms with Gasteiger partial charge in [-0.05, 0) is 26.0 Å². The lowest BCUT2D eigenvalue weighted by molar-refractivity contribution is -0.140. The maximum atomic E-state index is 12.7. The zero-order chi connectivity index (χ0) is 16.2. The van der Waals surface area contributed by atoms with Gasteiger partial charge in [0.15, 0.2) is 17.6 Å². The molecule has 6 heteroatoms. The average Bonchev–Trinajstić information content (AvgIpc) is 2.59. The van der Waals surface area contributed by atoms with Gasteiger partial charge in [-0.15, -0.1) is 0 Å². The predicted octanol–water partition coefficient (Wildman–Crippen LogP) is 1.05. The molecule has 1 amide bonds. The van der Waals surface area contributed by atoms with Crippen LogP contribution in [0.5, 0.6) is 11.5 Å². The number of ether oxygens (including phenoxy) is 3. The van der Waals surface area contributed by atoms with E-state index in [0.717, 1.165) is 11.5 Å². The van der Waals surface area contributed by atoms with Gasteiger partial charge in [-0.2, -0.15) is 0 Å². The summed E-state index contributed by atoms with van der Waals surface area (Å²) < 4.78 is 17.3. The largest absolute Gasteiger partial charge is 0.486 e. The number of morpholine rings is 1. The van der Waals surface area contributed by atoms with Crippen LogP contribution in [0.3, 0.4) is 0 Å². The average molecular weight is 320 g/mol. The first kappa shape index (κ1) is 16.1. The summed E-state index contributed by atoms with van der Waals surface area (Å²) in [5, 5.41) is 3.25. The van der Waals surface area contributed by atoms with E-state index in [4.69, 9.17) is 14.2 Å². The summed E-state index contributed by atoms with van der Waals surface area (Å²) in [6.07, 6.45) is -0.275. The summed E-state index contributed by atoms with van der Waals surface area (Å²) in [6, 6.07) is 7.32. The molecule has 2 heterocycles. The van der Waals surface area contributed by atoms with Gasteiger partial charge in [0.25, 0.3) is 0 Å². The third-order valence-electron chi connectivity index (χ3n) is 4.27. The maximum Gasteiger partial charge on any atom is 0.242 e. The molecule has 0 spiro atoms. The van der Waals surface area contributed by atoms with E-state index in [-0.39, 0.29) is 24.2 Å². The number of likely N-dealkylation sites (N-methyl/N-ethyl adjacent to an activating group) is 1. The van der Waals surface area contributed by atoms with Gasteiger partial charge in [0.1, 0.15) is 12.6 Å². The van der Waals surface area contributed by atoms with Gasteiger partial charge < -0.3 is 24.4 Å². The highest BCUT2D eigenvalue weighted by atomic mass is 16.6. The zero-order valence-corrected chi connectivity index (χ0v) is 13.7. The highest BCUT2D eigenvalue weighted by Crippen LogP contribution is 2.31. The van der Waals surface area contributed by atoms with Gasteiger partial charge in [0, 0.05) is 13.1 Å². The Hall–Kier alpha value is -1.79. The van der Waals surface area contributed by atoms with Gasteiger partial charge in [-0.3, -0.25) is 4.79 Å². The van der Waals surface area contributed by atoms with Gasteiger partial charge in [0.05, 0.1) is 19.3 Å². The molecule has 0 radical (unpaired) electrons. The summed E-state index contributed by atoms with van der Waals surface area (Å²) in [5.74, 6) is 1.55.